The van der Waals surface area contributed by atoms with E-state index in [1.807, 2.05) is 39.2 Å². The van der Waals surface area contributed by atoms with Gasteiger partial charge in [-0.05, 0) is 74.9 Å². The number of alkyl halides is 3. The molecule has 3 aromatic carbocycles. The predicted molar refractivity (Wildman–Crippen MR) is 132 cm³/mol. The normalized spacial score (nSPS) is 11.9. The molecule has 0 bridgehead atoms. The maximum Gasteiger partial charge on any atom is 0.416 e. The number of fused-ring (bicyclic) bond motifs is 1. The smallest absolute Gasteiger partial charge is 0.369 e. The van der Waals surface area contributed by atoms with E-state index in [4.69, 9.17) is 9.97 Å². The van der Waals surface area contributed by atoms with Crippen LogP contribution >= 0.6 is 0 Å². The zero-order valence-electron chi connectivity index (χ0n) is 19.7. The number of hydrogen-bond acceptors (Lipinski definition) is 4. The predicted octanol–water partition coefficient (Wildman–Crippen LogP) is 6.79. The van der Waals surface area contributed by atoms with Gasteiger partial charge in [0.2, 0.25) is 0 Å². The van der Waals surface area contributed by atoms with Gasteiger partial charge in [0, 0.05) is 17.5 Å². The standard InChI is InChI=1S/C27H26F4N4/c1-17-6-4-7-23-24(17)33-25(34-26(23)32-12-5-13-35(2)3)19-10-8-18(9-11-19)20-14-21(27(29,30)31)16-22(28)15-20/h4,6-11,14-16H,5,12-13H2,1-3H3,(H,32,33,34). The summed E-state index contributed by atoms with van der Waals surface area (Å²) in [5.74, 6) is 0.303. The lowest BCUT2D eigenvalue weighted by atomic mass is 10.0. The van der Waals surface area contributed by atoms with Gasteiger partial charge in [0.1, 0.15) is 11.6 Å². The summed E-state index contributed by atoms with van der Waals surface area (Å²) in [5.41, 5.74) is 2.16. The van der Waals surface area contributed by atoms with Crippen molar-refractivity contribution in [3.63, 3.8) is 0 Å². The van der Waals surface area contributed by atoms with Gasteiger partial charge >= 0.3 is 6.18 Å². The lowest BCUT2D eigenvalue weighted by Gasteiger charge is -2.14. The Morgan fingerprint density at radius 1 is 0.886 bits per heavy atom. The quantitative estimate of drug-likeness (QED) is 0.233. The molecule has 0 amide bonds. The third-order valence-corrected chi connectivity index (χ3v) is 5.70. The first-order chi connectivity index (χ1) is 16.6. The summed E-state index contributed by atoms with van der Waals surface area (Å²) < 4.78 is 53.2. The van der Waals surface area contributed by atoms with E-state index in [-0.39, 0.29) is 5.56 Å². The second-order valence-corrected chi connectivity index (χ2v) is 8.75. The molecule has 0 spiro atoms. The highest BCUT2D eigenvalue weighted by Crippen LogP contribution is 2.34. The molecule has 0 atom stereocenters. The number of aromatic nitrogens is 2. The van der Waals surface area contributed by atoms with Crippen LogP contribution < -0.4 is 5.32 Å². The first kappa shape index (κ1) is 24.6. The van der Waals surface area contributed by atoms with E-state index in [1.165, 1.54) is 0 Å². The first-order valence-corrected chi connectivity index (χ1v) is 11.3. The molecule has 0 fully saturated rings. The molecule has 0 saturated heterocycles. The van der Waals surface area contributed by atoms with Crippen molar-refractivity contribution in [1.82, 2.24) is 14.9 Å². The van der Waals surface area contributed by atoms with Crippen LogP contribution in [0.5, 0.6) is 0 Å². The van der Waals surface area contributed by atoms with Crippen LogP contribution in [0.2, 0.25) is 0 Å². The molecule has 1 N–H and O–H groups in total. The van der Waals surface area contributed by atoms with E-state index < -0.39 is 17.6 Å². The highest BCUT2D eigenvalue weighted by atomic mass is 19.4. The molecule has 0 aliphatic rings. The molecule has 4 rings (SSSR count). The number of rotatable bonds is 7. The monoisotopic (exact) mass is 482 g/mol. The molecular weight excluding hydrogens is 456 g/mol. The maximum atomic E-state index is 13.9. The van der Waals surface area contributed by atoms with Gasteiger partial charge in [-0.25, -0.2) is 14.4 Å². The third-order valence-electron chi connectivity index (χ3n) is 5.70. The minimum absolute atomic E-state index is 0.155. The SMILES string of the molecule is Cc1cccc2c(NCCCN(C)C)nc(-c3ccc(-c4cc(F)cc(C(F)(F)F)c4)cc3)nc12. The number of anilines is 1. The fraction of sp³-hybridized carbons (Fsp3) is 0.259. The zero-order chi connectivity index (χ0) is 25.2. The average Bonchev–Trinajstić information content (AvgIpc) is 2.81. The van der Waals surface area contributed by atoms with Crippen LogP contribution in [0, 0.1) is 12.7 Å². The van der Waals surface area contributed by atoms with E-state index in [9.17, 15) is 17.6 Å². The Bertz CT molecular complexity index is 1330. The topological polar surface area (TPSA) is 41.0 Å². The Kier molecular flexibility index (Phi) is 7.03. The molecule has 0 unspecified atom stereocenters. The zero-order valence-corrected chi connectivity index (χ0v) is 19.7. The van der Waals surface area contributed by atoms with Gasteiger partial charge in [-0.15, -0.1) is 0 Å². The van der Waals surface area contributed by atoms with Gasteiger partial charge in [-0.1, -0.05) is 36.4 Å². The fourth-order valence-corrected chi connectivity index (χ4v) is 3.89. The summed E-state index contributed by atoms with van der Waals surface area (Å²) in [5, 5.41) is 4.34. The molecule has 4 aromatic rings. The number of nitrogens with zero attached hydrogens (tertiary/aromatic N) is 3. The molecule has 182 valence electrons. The van der Waals surface area contributed by atoms with Crippen molar-refractivity contribution in [3.8, 4) is 22.5 Å². The fourth-order valence-electron chi connectivity index (χ4n) is 3.89. The molecule has 0 radical (unpaired) electrons. The lowest BCUT2D eigenvalue weighted by molar-refractivity contribution is -0.137. The highest BCUT2D eigenvalue weighted by molar-refractivity contribution is 5.92. The molecule has 35 heavy (non-hydrogen) atoms. The van der Waals surface area contributed by atoms with Crippen molar-refractivity contribution >= 4 is 16.7 Å². The van der Waals surface area contributed by atoms with Crippen LogP contribution in [-0.4, -0.2) is 42.1 Å². The molecule has 4 nitrogen and oxygen atoms in total. The van der Waals surface area contributed by atoms with E-state index in [2.05, 4.69) is 10.2 Å². The summed E-state index contributed by atoms with van der Waals surface area (Å²) in [6.45, 7) is 3.68. The Hall–Kier alpha value is -3.52. The van der Waals surface area contributed by atoms with Crippen molar-refractivity contribution in [2.75, 3.05) is 32.5 Å². The van der Waals surface area contributed by atoms with Crippen molar-refractivity contribution in [2.24, 2.45) is 0 Å². The number of halogens is 4. The van der Waals surface area contributed by atoms with Crippen LogP contribution in [0.4, 0.5) is 23.4 Å². The molecule has 0 aliphatic heterocycles. The van der Waals surface area contributed by atoms with E-state index in [1.54, 1.807) is 24.3 Å². The van der Waals surface area contributed by atoms with Crippen molar-refractivity contribution < 1.29 is 17.6 Å². The molecule has 0 saturated carbocycles. The second kappa shape index (κ2) is 10.00. The maximum absolute atomic E-state index is 13.9. The van der Waals surface area contributed by atoms with Crippen molar-refractivity contribution in [1.29, 1.82) is 0 Å². The average molecular weight is 483 g/mol. The largest absolute Gasteiger partial charge is 0.416 e. The number of hydrogen-bond donors (Lipinski definition) is 1. The number of benzene rings is 3. The Morgan fingerprint density at radius 2 is 1.60 bits per heavy atom. The molecule has 1 heterocycles. The Morgan fingerprint density at radius 3 is 2.29 bits per heavy atom. The van der Waals surface area contributed by atoms with Crippen LogP contribution in [0.15, 0.2) is 60.7 Å². The summed E-state index contributed by atoms with van der Waals surface area (Å²) in [4.78, 5) is 11.6. The van der Waals surface area contributed by atoms with Gasteiger partial charge in [-0.2, -0.15) is 13.2 Å². The van der Waals surface area contributed by atoms with Gasteiger partial charge in [0.25, 0.3) is 0 Å². The number of para-hydroxylation sites is 1. The summed E-state index contributed by atoms with van der Waals surface area (Å²) >= 11 is 0. The van der Waals surface area contributed by atoms with Gasteiger partial charge in [0.15, 0.2) is 5.82 Å². The van der Waals surface area contributed by atoms with E-state index >= 15 is 0 Å². The molecule has 8 heteroatoms. The number of nitrogens with one attached hydrogen (secondary N) is 1. The van der Waals surface area contributed by atoms with E-state index in [0.29, 0.717) is 23.0 Å². The number of aryl methyl sites for hydroxylation is 1. The van der Waals surface area contributed by atoms with Crippen LogP contribution in [-0.2, 0) is 6.18 Å². The van der Waals surface area contributed by atoms with Crippen molar-refractivity contribution in [3.05, 3.63) is 77.6 Å². The highest BCUT2D eigenvalue weighted by Gasteiger charge is 2.31. The third kappa shape index (κ3) is 5.77. The summed E-state index contributed by atoms with van der Waals surface area (Å²) in [6.07, 6.45) is -3.68. The second-order valence-electron chi connectivity index (χ2n) is 8.75. The molecular formula is C27H26F4N4. The van der Waals surface area contributed by atoms with Gasteiger partial charge < -0.3 is 10.2 Å². The lowest BCUT2D eigenvalue weighted by Crippen LogP contribution is -2.17. The van der Waals surface area contributed by atoms with Gasteiger partial charge in [0.05, 0.1) is 11.1 Å². The van der Waals surface area contributed by atoms with E-state index in [0.717, 1.165) is 53.9 Å². The molecule has 0 aliphatic carbocycles. The minimum Gasteiger partial charge on any atom is -0.369 e. The minimum atomic E-state index is -4.62. The van der Waals surface area contributed by atoms with Crippen LogP contribution in [0.25, 0.3) is 33.4 Å². The van der Waals surface area contributed by atoms with Crippen molar-refractivity contribution in [2.45, 2.75) is 19.5 Å². The molecule has 1 aromatic heterocycles. The Labute approximate surface area is 201 Å². The van der Waals surface area contributed by atoms with Crippen LogP contribution in [0.1, 0.15) is 17.5 Å². The summed E-state index contributed by atoms with van der Waals surface area (Å²) in [7, 11) is 4.05. The first-order valence-electron chi connectivity index (χ1n) is 11.3. The summed E-state index contributed by atoms with van der Waals surface area (Å²) in [6, 6.07) is 15.3. The Balaban J connectivity index is 1.68. The van der Waals surface area contributed by atoms with Gasteiger partial charge in [-0.3, -0.25) is 0 Å². The van der Waals surface area contributed by atoms with Crippen LogP contribution in [0.3, 0.4) is 0 Å².